The number of halogens is 2. The number of amides is 2. The number of benzene rings is 2. The van der Waals surface area contributed by atoms with E-state index in [4.69, 9.17) is 23.2 Å². The summed E-state index contributed by atoms with van der Waals surface area (Å²) in [5, 5.41) is 4.07. The van der Waals surface area contributed by atoms with Gasteiger partial charge in [-0.1, -0.05) is 73.3 Å². The first kappa shape index (κ1) is 23.6. The van der Waals surface area contributed by atoms with Gasteiger partial charge >= 0.3 is 0 Å². The van der Waals surface area contributed by atoms with Gasteiger partial charge in [-0.3, -0.25) is 9.59 Å². The Bertz CT molecular complexity index is 925. The number of nitrogens with zero attached hydrogens (tertiary/aromatic N) is 1. The second-order valence-corrected chi connectivity index (χ2v) is 9.10. The molecule has 3 rings (SSSR count). The van der Waals surface area contributed by atoms with E-state index in [9.17, 15) is 9.59 Å². The second-order valence-electron chi connectivity index (χ2n) is 8.29. The zero-order chi connectivity index (χ0) is 22.4. The lowest BCUT2D eigenvalue weighted by Crippen LogP contribution is -2.51. The molecule has 4 nitrogen and oxygen atoms in total. The number of nitrogens with one attached hydrogen (secondary N) is 1. The molecule has 0 aliphatic heterocycles. The zero-order valence-electron chi connectivity index (χ0n) is 18.2. The minimum Gasteiger partial charge on any atom is -0.352 e. The van der Waals surface area contributed by atoms with Crippen molar-refractivity contribution in [3.8, 4) is 0 Å². The van der Waals surface area contributed by atoms with E-state index >= 15 is 0 Å². The van der Waals surface area contributed by atoms with Crippen LogP contribution < -0.4 is 5.32 Å². The molecule has 6 heteroatoms. The van der Waals surface area contributed by atoms with Crippen molar-refractivity contribution in [1.29, 1.82) is 0 Å². The Balaban J connectivity index is 1.85. The van der Waals surface area contributed by atoms with E-state index in [1.165, 1.54) is 0 Å². The van der Waals surface area contributed by atoms with Crippen molar-refractivity contribution in [1.82, 2.24) is 10.2 Å². The molecule has 2 aromatic carbocycles. The van der Waals surface area contributed by atoms with Crippen molar-refractivity contribution >= 4 is 35.0 Å². The quantitative estimate of drug-likeness (QED) is 0.548. The van der Waals surface area contributed by atoms with Crippen LogP contribution in [0.4, 0.5) is 0 Å². The fourth-order valence-corrected chi connectivity index (χ4v) is 4.52. The van der Waals surface area contributed by atoms with E-state index in [-0.39, 0.29) is 24.3 Å². The van der Waals surface area contributed by atoms with Crippen LogP contribution in [0.3, 0.4) is 0 Å². The number of hydrogen-bond acceptors (Lipinski definition) is 2. The molecular weight excluding hydrogens is 431 g/mol. The molecule has 1 fully saturated rings. The van der Waals surface area contributed by atoms with Crippen molar-refractivity contribution in [2.45, 2.75) is 71.0 Å². The number of carbonyl (C=O) groups is 2. The monoisotopic (exact) mass is 460 g/mol. The normalized spacial score (nSPS) is 15.0. The van der Waals surface area contributed by atoms with Gasteiger partial charge in [0.15, 0.2) is 0 Å². The first-order chi connectivity index (χ1) is 14.9. The molecule has 0 heterocycles. The number of aryl methyl sites for hydroxylation is 1. The summed E-state index contributed by atoms with van der Waals surface area (Å²) in [6, 6.07) is 12.9. The topological polar surface area (TPSA) is 49.4 Å². The van der Waals surface area contributed by atoms with Gasteiger partial charge in [-0.15, -0.1) is 0 Å². The number of hydrogen-bond donors (Lipinski definition) is 1. The summed E-state index contributed by atoms with van der Waals surface area (Å²) in [4.78, 5) is 28.3. The SMILES string of the molecule is CC[C@H](C(=O)NC1CCCC1)N(Cc1ccc(Cl)c(Cl)c1)C(=O)Cc1ccccc1C. The fraction of sp³-hybridized carbons (Fsp3) is 0.440. The predicted octanol–water partition coefficient (Wildman–Crippen LogP) is 5.71. The molecule has 2 amide bonds. The first-order valence-corrected chi connectivity index (χ1v) is 11.7. The second kappa shape index (κ2) is 11.0. The zero-order valence-corrected chi connectivity index (χ0v) is 19.7. The van der Waals surface area contributed by atoms with Crippen LogP contribution in [0.1, 0.15) is 55.7 Å². The van der Waals surface area contributed by atoms with E-state index < -0.39 is 6.04 Å². The van der Waals surface area contributed by atoms with Crippen LogP contribution in [-0.2, 0) is 22.6 Å². The Morgan fingerprint density at radius 2 is 1.81 bits per heavy atom. The highest BCUT2D eigenvalue weighted by Gasteiger charge is 2.30. The predicted molar refractivity (Wildman–Crippen MR) is 126 cm³/mol. The average molecular weight is 461 g/mol. The average Bonchev–Trinajstić information content (AvgIpc) is 3.25. The van der Waals surface area contributed by atoms with Crippen LogP contribution >= 0.6 is 23.2 Å². The Labute approximate surface area is 194 Å². The van der Waals surface area contributed by atoms with Crippen molar-refractivity contribution in [2.75, 3.05) is 0 Å². The van der Waals surface area contributed by atoms with Gasteiger partial charge in [-0.2, -0.15) is 0 Å². The van der Waals surface area contributed by atoms with Crippen LogP contribution in [0, 0.1) is 6.92 Å². The minimum absolute atomic E-state index is 0.0752. The van der Waals surface area contributed by atoms with Crippen LogP contribution in [0.2, 0.25) is 10.0 Å². The van der Waals surface area contributed by atoms with E-state index in [2.05, 4.69) is 5.32 Å². The molecule has 31 heavy (non-hydrogen) atoms. The highest BCUT2D eigenvalue weighted by atomic mass is 35.5. The maximum absolute atomic E-state index is 13.4. The van der Waals surface area contributed by atoms with Crippen molar-refractivity contribution < 1.29 is 9.59 Å². The van der Waals surface area contributed by atoms with Gasteiger partial charge in [0.25, 0.3) is 0 Å². The summed E-state index contributed by atoms with van der Waals surface area (Å²) in [6.07, 6.45) is 5.08. The van der Waals surface area contributed by atoms with E-state index in [1.807, 2.05) is 44.2 Å². The van der Waals surface area contributed by atoms with Crippen molar-refractivity contribution in [3.05, 3.63) is 69.2 Å². The van der Waals surface area contributed by atoms with Gasteiger partial charge in [0.05, 0.1) is 16.5 Å². The summed E-state index contributed by atoms with van der Waals surface area (Å²) < 4.78 is 0. The summed E-state index contributed by atoms with van der Waals surface area (Å²) in [7, 11) is 0. The van der Waals surface area contributed by atoms with E-state index in [1.54, 1.807) is 17.0 Å². The smallest absolute Gasteiger partial charge is 0.243 e. The maximum Gasteiger partial charge on any atom is 0.243 e. The summed E-state index contributed by atoms with van der Waals surface area (Å²) in [6.45, 7) is 4.25. The Morgan fingerprint density at radius 3 is 2.45 bits per heavy atom. The Morgan fingerprint density at radius 1 is 1.10 bits per heavy atom. The number of rotatable bonds is 8. The van der Waals surface area contributed by atoms with Crippen LogP contribution in [0.15, 0.2) is 42.5 Å². The van der Waals surface area contributed by atoms with E-state index in [0.717, 1.165) is 42.4 Å². The summed E-state index contributed by atoms with van der Waals surface area (Å²) >= 11 is 12.3. The maximum atomic E-state index is 13.4. The molecule has 166 valence electrons. The standard InChI is InChI=1S/C25H30Cl2N2O2/c1-3-23(25(31)28-20-10-6-7-11-20)29(16-18-12-13-21(26)22(27)14-18)24(30)15-19-9-5-4-8-17(19)2/h4-5,8-9,12-14,20,23H,3,6-7,10-11,15-16H2,1-2H3,(H,28,31)/t23-/m1/s1. The van der Waals surface area contributed by atoms with Crippen LogP contribution in [-0.4, -0.2) is 28.8 Å². The van der Waals surface area contributed by atoms with Gasteiger partial charge in [-0.05, 0) is 55.0 Å². The highest BCUT2D eigenvalue weighted by Crippen LogP contribution is 2.25. The van der Waals surface area contributed by atoms with E-state index in [0.29, 0.717) is 23.0 Å². The van der Waals surface area contributed by atoms with Crippen LogP contribution in [0.5, 0.6) is 0 Å². The fourth-order valence-electron chi connectivity index (χ4n) is 4.19. The molecule has 2 aromatic rings. The lowest BCUT2D eigenvalue weighted by atomic mass is 10.0. The van der Waals surface area contributed by atoms with Crippen molar-refractivity contribution in [3.63, 3.8) is 0 Å². The molecule has 1 N–H and O–H groups in total. The molecule has 0 bridgehead atoms. The van der Waals surface area contributed by atoms with Crippen LogP contribution in [0.25, 0.3) is 0 Å². The van der Waals surface area contributed by atoms with Gasteiger partial charge < -0.3 is 10.2 Å². The van der Waals surface area contributed by atoms with Crippen molar-refractivity contribution in [2.24, 2.45) is 0 Å². The first-order valence-electron chi connectivity index (χ1n) is 11.0. The van der Waals surface area contributed by atoms with Gasteiger partial charge in [0.2, 0.25) is 11.8 Å². The van der Waals surface area contributed by atoms with Gasteiger partial charge in [0, 0.05) is 12.6 Å². The molecule has 1 aliphatic rings. The molecule has 0 saturated heterocycles. The largest absolute Gasteiger partial charge is 0.352 e. The molecule has 0 radical (unpaired) electrons. The third-order valence-corrected chi connectivity index (χ3v) is 6.77. The highest BCUT2D eigenvalue weighted by molar-refractivity contribution is 6.42. The van der Waals surface area contributed by atoms with Gasteiger partial charge in [-0.25, -0.2) is 0 Å². The minimum atomic E-state index is -0.536. The molecule has 1 saturated carbocycles. The lowest BCUT2D eigenvalue weighted by molar-refractivity contribution is -0.141. The molecule has 1 atom stereocenters. The molecule has 0 aromatic heterocycles. The summed E-state index contributed by atoms with van der Waals surface area (Å²) in [5.41, 5.74) is 2.88. The molecule has 0 unspecified atom stereocenters. The third kappa shape index (κ3) is 6.24. The Kier molecular flexibility index (Phi) is 8.39. The lowest BCUT2D eigenvalue weighted by Gasteiger charge is -2.32. The third-order valence-electron chi connectivity index (χ3n) is 6.03. The molecular formula is C25H30Cl2N2O2. The van der Waals surface area contributed by atoms with Gasteiger partial charge in [0.1, 0.15) is 6.04 Å². The Hall–Kier alpha value is -2.04. The molecule has 0 spiro atoms. The summed E-state index contributed by atoms with van der Waals surface area (Å²) in [5.74, 6) is -0.151. The molecule has 1 aliphatic carbocycles. The number of carbonyl (C=O) groups excluding carboxylic acids is 2.